The Morgan fingerprint density at radius 3 is 2.73 bits per heavy atom. The summed E-state index contributed by atoms with van der Waals surface area (Å²) in [7, 11) is 0. The number of likely N-dealkylation sites (tertiary alicyclic amines) is 1. The molecule has 3 saturated carbocycles. The zero-order valence-corrected chi connectivity index (χ0v) is 21.5. The zero-order chi connectivity index (χ0) is 22.7. The van der Waals surface area contributed by atoms with Gasteiger partial charge in [-0.2, -0.15) is 11.3 Å². The summed E-state index contributed by atoms with van der Waals surface area (Å²) in [6.07, 6.45) is 14.7. The summed E-state index contributed by atoms with van der Waals surface area (Å²) in [6.45, 7) is 9.40. The predicted molar refractivity (Wildman–Crippen MR) is 136 cm³/mol. The van der Waals surface area contributed by atoms with Crippen molar-refractivity contribution in [3.8, 4) is 0 Å². The number of rotatable bonds is 5. The Kier molecular flexibility index (Phi) is 5.84. The van der Waals surface area contributed by atoms with Crippen molar-refractivity contribution in [1.82, 2.24) is 4.90 Å². The van der Waals surface area contributed by atoms with Crippen LogP contribution >= 0.6 is 11.3 Å². The SMILES string of the molecule is C[C@@]12C(=CCCC1OCCN1CCCC1)CC[C@@H]1[C@@H]2CC[C@]2(C)[C@@H](c3ccsc3)CC[C@]12O. The van der Waals surface area contributed by atoms with E-state index in [0.717, 1.165) is 51.7 Å². The average molecular weight is 470 g/mol. The molecule has 4 heteroatoms. The van der Waals surface area contributed by atoms with Gasteiger partial charge >= 0.3 is 0 Å². The van der Waals surface area contributed by atoms with Crippen molar-refractivity contribution in [2.45, 2.75) is 95.7 Å². The number of hydrogen-bond acceptors (Lipinski definition) is 4. The molecule has 0 aromatic carbocycles. The molecule has 6 rings (SSSR count). The number of nitrogens with zero attached hydrogens (tertiary/aromatic N) is 1. The third-order valence-electron chi connectivity index (χ3n) is 11.2. The van der Waals surface area contributed by atoms with Crippen LogP contribution < -0.4 is 0 Å². The zero-order valence-electron chi connectivity index (χ0n) is 20.7. The van der Waals surface area contributed by atoms with Crippen LogP contribution in [-0.4, -0.2) is 48.0 Å². The molecular formula is C29H43NO2S. The maximum absolute atomic E-state index is 12.5. The lowest BCUT2D eigenvalue weighted by Crippen LogP contribution is -2.62. The van der Waals surface area contributed by atoms with Crippen LogP contribution in [0.3, 0.4) is 0 Å². The number of fused-ring (bicyclic) bond motifs is 5. The highest BCUT2D eigenvalue weighted by Gasteiger charge is 2.67. The van der Waals surface area contributed by atoms with Crippen LogP contribution in [0.5, 0.6) is 0 Å². The van der Waals surface area contributed by atoms with Crippen LogP contribution in [0, 0.1) is 22.7 Å². The molecule has 0 spiro atoms. The van der Waals surface area contributed by atoms with Crippen molar-refractivity contribution in [3.05, 3.63) is 34.0 Å². The highest BCUT2D eigenvalue weighted by Crippen LogP contribution is 2.70. The first-order valence-electron chi connectivity index (χ1n) is 13.7. The molecule has 1 aromatic heterocycles. The Balaban J connectivity index is 1.25. The third-order valence-corrected chi connectivity index (χ3v) is 11.9. The van der Waals surface area contributed by atoms with Gasteiger partial charge in [-0.3, -0.25) is 0 Å². The molecule has 0 amide bonds. The maximum atomic E-state index is 12.5. The minimum Gasteiger partial charge on any atom is -0.389 e. The summed E-state index contributed by atoms with van der Waals surface area (Å²) >= 11 is 1.81. The highest BCUT2D eigenvalue weighted by molar-refractivity contribution is 7.08. The maximum Gasteiger partial charge on any atom is 0.0738 e. The molecule has 3 nitrogen and oxygen atoms in total. The van der Waals surface area contributed by atoms with E-state index in [1.807, 2.05) is 11.3 Å². The standard InChI is InChI=1S/C29H43NO2S/c1-27-13-10-24-25(29(27,31)14-11-23(27)21-12-19-33-20-21)9-8-22-6-5-7-26(28(22,24)2)32-18-17-30-15-3-4-16-30/h6,12,19-20,23-26,31H,3-5,7-11,13-18H2,1-2H3/t23-,24+,25-,26?,27-,28+,29+/m1/s1. The number of ether oxygens (including phenoxy) is 1. The summed E-state index contributed by atoms with van der Waals surface area (Å²) in [6, 6.07) is 2.31. The summed E-state index contributed by atoms with van der Waals surface area (Å²) in [4.78, 5) is 2.57. The van der Waals surface area contributed by atoms with E-state index >= 15 is 0 Å². The average Bonchev–Trinajstić information content (AvgIpc) is 3.55. The van der Waals surface area contributed by atoms with Gasteiger partial charge in [0.25, 0.3) is 0 Å². The molecule has 0 radical (unpaired) electrons. The molecular weight excluding hydrogens is 426 g/mol. The third kappa shape index (κ3) is 3.37. The lowest BCUT2D eigenvalue weighted by Gasteiger charge is -2.63. The minimum atomic E-state index is -0.533. The minimum absolute atomic E-state index is 0.00753. The summed E-state index contributed by atoms with van der Waals surface area (Å²) < 4.78 is 6.75. The Bertz CT molecular complexity index is 876. The van der Waals surface area contributed by atoms with Crippen molar-refractivity contribution >= 4 is 11.3 Å². The normalized spacial score (nSPS) is 45.4. The summed E-state index contributed by atoms with van der Waals surface area (Å²) in [5, 5.41) is 17.0. The van der Waals surface area contributed by atoms with Gasteiger partial charge in [0.1, 0.15) is 0 Å². The van der Waals surface area contributed by atoms with Gasteiger partial charge in [-0.25, -0.2) is 0 Å². The van der Waals surface area contributed by atoms with E-state index in [1.54, 1.807) is 5.57 Å². The molecule has 7 atom stereocenters. The van der Waals surface area contributed by atoms with Crippen molar-refractivity contribution in [1.29, 1.82) is 0 Å². The van der Waals surface area contributed by atoms with Gasteiger partial charge in [-0.1, -0.05) is 25.5 Å². The fraction of sp³-hybridized carbons (Fsp3) is 0.793. The summed E-state index contributed by atoms with van der Waals surface area (Å²) in [5.74, 6) is 1.47. The van der Waals surface area contributed by atoms with Crippen LogP contribution in [0.2, 0.25) is 0 Å². The molecule has 0 bridgehead atoms. The quantitative estimate of drug-likeness (QED) is 0.507. The van der Waals surface area contributed by atoms with Crippen LogP contribution in [0.25, 0.3) is 0 Å². The van der Waals surface area contributed by atoms with Gasteiger partial charge in [0.15, 0.2) is 0 Å². The molecule has 4 fully saturated rings. The number of allylic oxidation sites excluding steroid dienone is 1. The van der Waals surface area contributed by atoms with E-state index in [1.165, 1.54) is 44.3 Å². The van der Waals surface area contributed by atoms with Crippen LogP contribution in [0.4, 0.5) is 0 Å². The molecule has 2 heterocycles. The Labute approximate surface area is 204 Å². The van der Waals surface area contributed by atoms with E-state index in [-0.39, 0.29) is 10.8 Å². The number of aliphatic hydroxyl groups is 1. The van der Waals surface area contributed by atoms with Crippen LogP contribution in [-0.2, 0) is 4.74 Å². The van der Waals surface area contributed by atoms with Gasteiger partial charge in [0.2, 0.25) is 0 Å². The van der Waals surface area contributed by atoms with Crippen LogP contribution in [0.15, 0.2) is 28.5 Å². The molecule has 1 unspecified atom stereocenters. The number of thiophene rings is 1. The molecule has 5 aliphatic rings. The molecule has 1 N–H and O–H groups in total. The van der Waals surface area contributed by atoms with E-state index in [2.05, 4.69) is 41.6 Å². The Morgan fingerprint density at radius 2 is 1.94 bits per heavy atom. The van der Waals surface area contributed by atoms with Gasteiger partial charge < -0.3 is 14.7 Å². The van der Waals surface area contributed by atoms with Crippen molar-refractivity contribution in [2.24, 2.45) is 22.7 Å². The predicted octanol–water partition coefficient (Wildman–Crippen LogP) is 6.39. The first-order chi connectivity index (χ1) is 16.0. The van der Waals surface area contributed by atoms with Gasteiger partial charge in [-0.15, -0.1) is 0 Å². The van der Waals surface area contributed by atoms with Crippen molar-refractivity contribution < 1.29 is 9.84 Å². The highest BCUT2D eigenvalue weighted by atomic mass is 32.1. The largest absolute Gasteiger partial charge is 0.389 e. The first kappa shape index (κ1) is 22.8. The fourth-order valence-electron chi connectivity index (χ4n) is 9.31. The van der Waals surface area contributed by atoms with Gasteiger partial charge in [0.05, 0.1) is 18.3 Å². The fourth-order valence-corrected chi connectivity index (χ4v) is 10.0. The van der Waals surface area contributed by atoms with Gasteiger partial charge in [-0.05, 0) is 117 Å². The van der Waals surface area contributed by atoms with Gasteiger partial charge in [0, 0.05) is 17.4 Å². The number of hydrogen-bond donors (Lipinski definition) is 1. The van der Waals surface area contributed by atoms with Crippen molar-refractivity contribution in [3.63, 3.8) is 0 Å². The summed E-state index contributed by atoms with van der Waals surface area (Å²) in [5.41, 5.74) is 2.70. The second kappa shape index (κ2) is 8.47. The molecule has 1 aliphatic heterocycles. The Hall–Kier alpha value is -0.680. The van der Waals surface area contributed by atoms with E-state index < -0.39 is 5.60 Å². The smallest absolute Gasteiger partial charge is 0.0738 e. The second-order valence-electron chi connectivity index (χ2n) is 12.3. The lowest BCUT2D eigenvalue weighted by molar-refractivity contribution is -0.194. The molecule has 182 valence electrons. The molecule has 4 aliphatic carbocycles. The second-order valence-corrected chi connectivity index (χ2v) is 13.1. The van der Waals surface area contributed by atoms with Crippen molar-refractivity contribution in [2.75, 3.05) is 26.2 Å². The first-order valence-corrected chi connectivity index (χ1v) is 14.7. The topological polar surface area (TPSA) is 32.7 Å². The van der Waals surface area contributed by atoms with E-state index in [9.17, 15) is 5.11 Å². The monoisotopic (exact) mass is 469 g/mol. The van der Waals surface area contributed by atoms with E-state index in [0.29, 0.717) is 23.9 Å². The molecule has 1 saturated heterocycles. The van der Waals surface area contributed by atoms with Crippen LogP contribution in [0.1, 0.15) is 89.5 Å². The van der Waals surface area contributed by atoms with E-state index in [4.69, 9.17) is 4.74 Å². The lowest BCUT2D eigenvalue weighted by atomic mass is 9.44. The Morgan fingerprint density at radius 1 is 1.09 bits per heavy atom. The molecule has 33 heavy (non-hydrogen) atoms. The molecule has 1 aromatic rings.